The maximum atomic E-state index is 12.3. The van der Waals surface area contributed by atoms with Crippen LogP contribution in [0, 0.1) is 12.8 Å². The Bertz CT molecular complexity index is 466. The van der Waals surface area contributed by atoms with Crippen LogP contribution in [0.2, 0.25) is 0 Å². The zero-order valence-electron chi connectivity index (χ0n) is 13.2. The summed E-state index contributed by atoms with van der Waals surface area (Å²) >= 11 is 0. The molecule has 0 spiro atoms. The second-order valence-corrected chi connectivity index (χ2v) is 5.95. The van der Waals surface area contributed by atoms with E-state index in [1.54, 1.807) is 0 Å². The molecule has 1 aromatic heterocycles. The monoisotopic (exact) mass is 294 g/mol. The number of hydrogen-bond acceptors (Lipinski definition) is 5. The summed E-state index contributed by atoms with van der Waals surface area (Å²) in [5.74, 6) is 1.19. The molecule has 2 atom stereocenters. The van der Waals surface area contributed by atoms with Crippen LogP contribution in [-0.2, 0) is 11.3 Å². The van der Waals surface area contributed by atoms with E-state index in [1.165, 1.54) is 0 Å². The molecule has 1 saturated heterocycles. The lowest BCUT2D eigenvalue weighted by Crippen LogP contribution is -2.54. The first-order valence-corrected chi connectivity index (χ1v) is 7.70. The van der Waals surface area contributed by atoms with Crippen LogP contribution in [0.15, 0.2) is 10.6 Å². The van der Waals surface area contributed by atoms with E-state index in [-0.39, 0.29) is 17.9 Å². The minimum Gasteiger partial charge on any atom is -0.360 e. The van der Waals surface area contributed by atoms with Crippen LogP contribution in [-0.4, -0.2) is 53.1 Å². The van der Waals surface area contributed by atoms with Crippen molar-refractivity contribution in [2.75, 3.05) is 26.2 Å². The number of rotatable bonds is 5. The van der Waals surface area contributed by atoms with E-state index in [0.717, 1.165) is 50.6 Å². The summed E-state index contributed by atoms with van der Waals surface area (Å²) in [7, 11) is 0. The minimum atomic E-state index is -0.376. The Balaban J connectivity index is 1.81. The first kappa shape index (κ1) is 16.0. The van der Waals surface area contributed by atoms with E-state index in [0.29, 0.717) is 0 Å². The molecule has 0 aliphatic carbocycles. The molecular weight excluding hydrogens is 268 g/mol. The molecule has 0 radical (unpaired) electrons. The van der Waals surface area contributed by atoms with Crippen LogP contribution in [0.5, 0.6) is 0 Å². The van der Waals surface area contributed by atoms with Crippen molar-refractivity contribution in [3.8, 4) is 0 Å². The molecule has 0 aromatic carbocycles. The molecule has 2 unspecified atom stereocenters. The second-order valence-electron chi connectivity index (χ2n) is 5.95. The van der Waals surface area contributed by atoms with Crippen LogP contribution < -0.4 is 5.73 Å². The van der Waals surface area contributed by atoms with Crippen molar-refractivity contribution in [3.63, 3.8) is 0 Å². The van der Waals surface area contributed by atoms with Crippen LogP contribution >= 0.6 is 0 Å². The van der Waals surface area contributed by atoms with Gasteiger partial charge in [-0.05, 0) is 12.8 Å². The van der Waals surface area contributed by atoms with Gasteiger partial charge in [0, 0.05) is 32.2 Å². The number of aromatic nitrogens is 1. The van der Waals surface area contributed by atoms with Gasteiger partial charge in [-0.15, -0.1) is 0 Å². The predicted molar refractivity (Wildman–Crippen MR) is 80.5 cm³/mol. The summed E-state index contributed by atoms with van der Waals surface area (Å²) in [6.07, 6.45) is 0.928. The molecule has 21 heavy (non-hydrogen) atoms. The predicted octanol–water partition coefficient (Wildman–Crippen LogP) is 1.00. The van der Waals surface area contributed by atoms with Crippen molar-refractivity contribution in [1.82, 2.24) is 15.0 Å². The van der Waals surface area contributed by atoms with Gasteiger partial charge in [0.1, 0.15) is 0 Å². The fourth-order valence-electron chi connectivity index (χ4n) is 2.55. The quantitative estimate of drug-likeness (QED) is 0.877. The summed E-state index contributed by atoms with van der Waals surface area (Å²) in [5.41, 5.74) is 6.94. The average Bonchev–Trinajstić information content (AvgIpc) is 2.90. The lowest BCUT2D eigenvalue weighted by Gasteiger charge is -2.36. The van der Waals surface area contributed by atoms with Gasteiger partial charge in [-0.3, -0.25) is 9.69 Å². The van der Waals surface area contributed by atoms with E-state index >= 15 is 0 Å². The third-order valence-corrected chi connectivity index (χ3v) is 4.28. The Morgan fingerprint density at radius 1 is 1.43 bits per heavy atom. The topological polar surface area (TPSA) is 75.6 Å². The van der Waals surface area contributed by atoms with Gasteiger partial charge in [0.15, 0.2) is 5.76 Å². The highest BCUT2D eigenvalue weighted by Crippen LogP contribution is 2.13. The highest BCUT2D eigenvalue weighted by Gasteiger charge is 2.28. The summed E-state index contributed by atoms with van der Waals surface area (Å²) in [5, 5.41) is 3.89. The van der Waals surface area contributed by atoms with Crippen molar-refractivity contribution >= 4 is 5.91 Å². The molecule has 2 heterocycles. The van der Waals surface area contributed by atoms with Crippen molar-refractivity contribution in [2.45, 2.75) is 39.8 Å². The summed E-state index contributed by atoms with van der Waals surface area (Å²) in [4.78, 5) is 16.5. The number of carbonyl (C=O) groups excluding carboxylic acids is 1. The molecule has 1 aliphatic rings. The number of nitrogens with two attached hydrogens (primary N) is 1. The van der Waals surface area contributed by atoms with E-state index in [9.17, 15) is 4.79 Å². The van der Waals surface area contributed by atoms with Gasteiger partial charge in [0.05, 0.1) is 18.3 Å². The normalized spacial score (nSPS) is 19.5. The fraction of sp³-hybridized carbons (Fsp3) is 0.733. The van der Waals surface area contributed by atoms with E-state index < -0.39 is 0 Å². The molecule has 6 heteroatoms. The van der Waals surface area contributed by atoms with Crippen molar-refractivity contribution in [2.24, 2.45) is 11.7 Å². The van der Waals surface area contributed by atoms with Gasteiger partial charge in [0.2, 0.25) is 5.91 Å². The van der Waals surface area contributed by atoms with Gasteiger partial charge < -0.3 is 15.2 Å². The van der Waals surface area contributed by atoms with E-state index in [4.69, 9.17) is 10.3 Å². The maximum Gasteiger partial charge on any atom is 0.239 e. The number of amides is 1. The third-order valence-electron chi connectivity index (χ3n) is 4.28. The van der Waals surface area contributed by atoms with Gasteiger partial charge in [0.25, 0.3) is 0 Å². The second kappa shape index (κ2) is 7.04. The van der Waals surface area contributed by atoms with Gasteiger partial charge in [-0.25, -0.2) is 0 Å². The Morgan fingerprint density at radius 3 is 2.62 bits per heavy atom. The zero-order chi connectivity index (χ0) is 15.4. The van der Waals surface area contributed by atoms with Crippen LogP contribution in [0.3, 0.4) is 0 Å². The third kappa shape index (κ3) is 4.04. The minimum absolute atomic E-state index is 0.0829. The molecule has 2 N–H and O–H groups in total. The lowest BCUT2D eigenvalue weighted by atomic mass is 9.98. The zero-order valence-corrected chi connectivity index (χ0v) is 13.2. The first-order valence-electron chi connectivity index (χ1n) is 7.70. The van der Waals surface area contributed by atoms with Crippen LogP contribution in [0.1, 0.15) is 31.7 Å². The molecule has 2 rings (SSSR count). The standard InChI is InChI=1S/C15H26N4O2/c1-4-11(2)14(16)15(20)19-7-5-18(6-8-19)10-13-9-12(3)17-21-13/h9,11,14H,4-8,10,16H2,1-3H3. The van der Waals surface area contributed by atoms with Crippen molar-refractivity contribution in [1.29, 1.82) is 0 Å². The van der Waals surface area contributed by atoms with Crippen molar-refractivity contribution < 1.29 is 9.32 Å². The smallest absolute Gasteiger partial charge is 0.239 e. The Hall–Kier alpha value is -1.40. The largest absolute Gasteiger partial charge is 0.360 e. The molecule has 0 bridgehead atoms. The molecule has 118 valence electrons. The highest BCUT2D eigenvalue weighted by molar-refractivity contribution is 5.82. The number of nitrogens with zero attached hydrogens (tertiary/aromatic N) is 3. The molecular formula is C15H26N4O2. The maximum absolute atomic E-state index is 12.3. The summed E-state index contributed by atoms with van der Waals surface area (Å²) < 4.78 is 5.23. The lowest BCUT2D eigenvalue weighted by molar-refractivity contribution is -0.135. The molecule has 1 aliphatic heterocycles. The molecule has 1 amide bonds. The number of aryl methyl sites for hydroxylation is 1. The van der Waals surface area contributed by atoms with E-state index in [1.807, 2.05) is 24.8 Å². The van der Waals surface area contributed by atoms with Gasteiger partial charge in [-0.1, -0.05) is 25.4 Å². The Kier molecular flexibility index (Phi) is 5.36. The fourth-order valence-corrected chi connectivity index (χ4v) is 2.55. The SMILES string of the molecule is CCC(C)C(N)C(=O)N1CCN(Cc2cc(C)no2)CC1. The molecule has 0 saturated carbocycles. The van der Waals surface area contributed by atoms with Gasteiger partial charge in [-0.2, -0.15) is 0 Å². The van der Waals surface area contributed by atoms with Crippen molar-refractivity contribution in [3.05, 3.63) is 17.5 Å². The van der Waals surface area contributed by atoms with Gasteiger partial charge >= 0.3 is 0 Å². The average molecular weight is 294 g/mol. The first-order chi connectivity index (χ1) is 10.0. The number of piperazine rings is 1. The molecule has 6 nitrogen and oxygen atoms in total. The number of hydrogen-bond donors (Lipinski definition) is 1. The Morgan fingerprint density at radius 2 is 2.10 bits per heavy atom. The molecule has 1 fully saturated rings. The van der Waals surface area contributed by atoms with E-state index in [2.05, 4.69) is 17.0 Å². The van der Waals surface area contributed by atoms with Crippen LogP contribution in [0.4, 0.5) is 0 Å². The summed E-state index contributed by atoms with van der Waals surface area (Å²) in [6.45, 7) is 9.92. The Labute approximate surface area is 126 Å². The molecule has 1 aromatic rings. The van der Waals surface area contributed by atoms with Crippen LogP contribution in [0.25, 0.3) is 0 Å². The number of carbonyl (C=O) groups is 1. The summed E-state index contributed by atoms with van der Waals surface area (Å²) in [6, 6.07) is 1.58. The highest BCUT2D eigenvalue weighted by atomic mass is 16.5.